The molecule has 0 aliphatic rings. The first-order valence-corrected chi connectivity index (χ1v) is 5.69. The Hall–Kier alpha value is -1.73. The number of amides is 1. The molecule has 1 N–H and O–H groups in total. The second-order valence-corrected chi connectivity index (χ2v) is 5.03. The van der Waals surface area contributed by atoms with E-state index in [-0.39, 0.29) is 0 Å². The fourth-order valence-corrected chi connectivity index (χ4v) is 1.15. The van der Waals surface area contributed by atoms with Gasteiger partial charge in [0.1, 0.15) is 11.6 Å². The van der Waals surface area contributed by atoms with Gasteiger partial charge in [-0.2, -0.15) is 13.2 Å². The zero-order valence-electron chi connectivity index (χ0n) is 11.8. The highest BCUT2D eigenvalue weighted by Crippen LogP contribution is 2.27. The Morgan fingerprint density at radius 2 is 1.75 bits per heavy atom. The first kappa shape index (κ1) is 18.3. The van der Waals surface area contributed by atoms with E-state index in [9.17, 15) is 22.8 Å². The minimum atomic E-state index is -4.65. The topological polar surface area (TPSA) is 64.6 Å². The molecule has 0 aromatic heterocycles. The van der Waals surface area contributed by atoms with Crippen LogP contribution in [0.2, 0.25) is 0 Å². The van der Waals surface area contributed by atoms with Crippen molar-refractivity contribution >= 4 is 12.1 Å². The van der Waals surface area contributed by atoms with E-state index in [1.54, 1.807) is 20.8 Å². The molecular weight excluding hydrogens is 279 g/mol. The number of hydrogen-bond acceptors (Lipinski definition) is 4. The Labute approximate surface area is 115 Å². The van der Waals surface area contributed by atoms with Gasteiger partial charge in [-0.15, -0.1) is 0 Å². The monoisotopic (exact) mass is 297 g/mol. The van der Waals surface area contributed by atoms with E-state index >= 15 is 0 Å². The number of carbonyl (C=O) groups is 2. The number of ether oxygens (including phenoxy) is 2. The van der Waals surface area contributed by atoms with E-state index in [4.69, 9.17) is 4.74 Å². The van der Waals surface area contributed by atoms with Gasteiger partial charge in [-0.25, -0.2) is 9.59 Å². The molecule has 1 atom stereocenters. The quantitative estimate of drug-likeness (QED) is 0.640. The average Bonchev–Trinajstić information content (AvgIpc) is 2.22. The molecule has 0 spiro atoms. The van der Waals surface area contributed by atoms with Gasteiger partial charge in [0, 0.05) is 12.0 Å². The van der Waals surface area contributed by atoms with Crippen LogP contribution < -0.4 is 5.32 Å². The van der Waals surface area contributed by atoms with Gasteiger partial charge in [0.15, 0.2) is 0 Å². The van der Waals surface area contributed by atoms with Crippen molar-refractivity contribution in [1.29, 1.82) is 0 Å². The van der Waals surface area contributed by atoms with Gasteiger partial charge < -0.3 is 14.8 Å². The van der Waals surface area contributed by atoms with E-state index in [1.165, 1.54) is 0 Å². The maximum absolute atomic E-state index is 12.4. The number of halogens is 3. The van der Waals surface area contributed by atoms with Crippen molar-refractivity contribution in [3.05, 3.63) is 12.2 Å². The molecule has 0 aliphatic heterocycles. The van der Waals surface area contributed by atoms with Gasteiger partial charge in [0.05, 0.1) is 7.11 Å². The van der Waals surface area contributed by atoms with E-state index in [2.05, 4.69) is 11.3 Å². The standard InChI is InChI=1S/C12H18F3NO4/c1-7(12(13,14)15)6-8(9(17)19-5)16-10(18)20-11(2,3)4/h8H,1,6H2,2-5H3,(H,16,18)/t8-/m0/s1. The SMILES string of the molecule is C=C(C[C@H](NC(=O)OC(C)(C)C)C(=O)OC)C(F)(F)F. The Bertz CT molecular complexity index is 385. The summed E-state index contributed by atoms with van der Waals surface area (Å²) in [5, 5.41) is 2.03. The lowest BCUT2D eigenvalue weighted by molar-refractivity contribution is -0.143. The van der Waals surface area contributed by atoms with Gasteiger partial charge in [-0.05, 0) is 20.8 Å². The Morgan fingerprint density at radius 3 is 2.10 bits per heavy atom. The minimum Gasteiger partial charge on any atom is -0.467 e. The minimum absolute atomic E-state index is 0.810. The third-order valence-electron chi connectivity index (χ3n) is 2.03. The van der Waals surface area contributed by atoms with E-state index in [0.29, 0.717) is 0 Å². The van der Waals surface area contributed by atoms with E-state index in [0.717, 1.165) is 7.11 Å². The zero-order valence-corrected chi connectivity index (χ0v) is 11.8. The maximum atomic E-state index is 12.4. The van der Waals surface area contributed by atoms with E-state index < -0.39 is 41.9 Å². The largest absolute Gasteiger partial charge is 0.467 e. The fourth-order valence-electron chi connectivity index (χ4n) is 1.15. The molecule has 1 amide bonds. The highest BCUT2D eigenvalue weighted by molar-refractivity contribution is 5.81. The highest BCUT2D eigenvalue weighted by Gasteiger charge is 2.36. The number of alkyl halides is 3. The lowest BCUT2D eigenvalue weighted by Crippen LogP contribution is -2.44. The Morgan fingerprint density at radius 1 is 1.25 bits per heavy atom. The summed E-state index contributed by atoms with van der Waals surface area (Å²) in [6.07, 6.45) is -6.47. The molecular formula is C12H18F3NO4. The van der Waals surface area contributed by atoms with Crippen molar-refractivity contribution in [2.45, 2.75) is 45.0 Å². The summed E-state index contributed by atoms with van der Waals surface area (Å²) in [6, 6.07) is -1.51. The number of carbonyl (C=O) groups excluding carboxylic acids is 2. The second-order valence-electron chi connectivity index (χ2n) is 5.03. The van der Waals surface area contributed by atoms with Gasteiger partial charge in [-0.1, -0.05) is 6.58 Å². The lowest BCUT2D eigenvalue weighted by atomic mass is 10.1. The van der Waals surface area contributed by atoms with Gasteiger partial charge in [0.2, 0.25) is 0 Å². The zero-order chi connectivity index (χ0) is 16.1. The predicted octanol–water partition coefficient (Wildman–Crippen LogP) is 2.56. The third kappa shape index (κ3) is 7.01. The Kier molecular flexibility index (Phi) is 6.05. The summed E-state index contributed by atoms with van der Waals surface area (Å²) >= 11 is 0. The van der Waals surface area contributed by atoms with Gasteiger partial charge in [0.25, 0.3) is 0 Å². The summed E-state index contributed by atoms with van der Waals surface area (Å²) in [7, 11) is 1.00. The second kappa shape index (κ2) is 6.62. The van der Waals surface area contributed by atoms with Crippen LogP contribution in [0.1, 0.15) is 27.2 Å². The fraction of sp³-hybridized carbons (Fsp3) is 0.667. The molecule has 0 heterocycles. The van der Waals surface area contributed by atoms with Crippen molar-refractivity contribution in [2.24, 2.45) is 0 Å². The lowest BCUT2D eigenvalue weighted by Gasteiger charge is -2.23. The molecule has 0 aliphatic carbocycles. The third-order valence-corrected chi connectivity index (χ3v) is 2.03. The first-order chi connectivity index (χ1) is 8.86. The molecule has 20 heavy (non-hydrogen) atoms. The number of hydrogen-bond donors (Lipinski definition) is 1. The van der Waals surface area contributed by atoms with Crippen LogP contribution in [-0.4, -0.2) is 37.0 Å². The number of esters is 1. The van der Waals surface area contributed by atoms with Crippen LogP contribution in [-0.2, 0) is 14.3 Å². The molecule has 0 unspecified atom stereocenters. The predicted molar refractivity (Wildman–Crippen MR) is 65.0 cm³/mol. The smallest absolute Gasteiger partial charge is 0.412 e. The van der Waals surface area contributed by atoms with Crippen molar-refractivity contribution in [1.82, 2.24) is 5.32 Å². The van der Waals surface area contributed by atoms with Crippen LogP contribution in [0.4, 0.5) is 18.0 Å². The van der Waals surface area contributed by atoms with Crippen molar-refractivity contribution < 1.29 is 32.2 Å². The molecule has 8 heteroatoms. The molecule has 0 rings (SSSR count). The van der Waals surface area contributed by atoms with Gasteiger partial charge >= 0.3 is 18.2 Å². The molecule has 116 valence electrons. The highest BCUT2D eigenvalue weighted by atomic mass is 19.4. The Balaban J connectivity index is 4.80. The molecule has 0 saturated carbocycles. The first-order valence-electron chi connectivity index (χ1n) is 5.69. The molecule has 0 bridgehead atoms. The molecule has 0 fully saturated rings. The van der Waals surface area contributed by atoms with Crippen LogP contribution >= 0.6 is 0 Å². The number of methoxy groups -OCH3 is 1. The van der Waals surface area contributed by atoms with Crippen molar-refractivity contribution in [3.8, 4) is 0 Å². The number of rotatable bonds is 4. The van der Waals surface area contributed by atoms with Crippen LogP contribution in [0.25, 0.3) is 0 Å². The normalized spacial score (nSPS) is 13.3. The number of nitrogens with one attached hydrogen (secondary N) is 1. The van der Waals surface area contributed by atoms with Crippen LogP contribution in [0.3, 0.4) is 0 Å². The maximum Gasteiger partial charge on any atom is 0.412 e. The van der Waals surface area contributed by atoms with Crippen molar-refractivity contribution in [3.63, 3.8) is 0 Å². The average molecular weight is 297 g/mol. The summed E-state index contributed by atoms with van der Waals surface area (Å²) in [5.74, 6) is -1.01. The summed E-state index contributed by atoms with van der Waals surface area (Å²) in [5.41, 5.74) is -1.99. The van der Waals surface area contributed by atoms with Crippen LogP contribution in [0.15, 0.2) is 12.2 Å². The molecule has 0 radical (unpaired) electrons. The molecule has 5 nitrogen and oxygen atoms in total. The summed E-state index contributed by atoms with van der Waals surface area (Å²) in [4.78, 5) is 22.8. The number of alkyl carbamates (subject to hydrolysis) is 1. The van der Waals surface area contributed by atoms with Crippen molar-refractivity contribution in [2.75, 3.05) is 7.11 Å². The van der Waals surface area contributed by atoms with E-state index in [1.807, 2.05) is 5.32 Å². The van der Waals surface area contributed by atoms with Crippen LogP contribution in [0.5, 0.6) is 0 Å². The summed E-state index contributed by atoms with van der Waals surface area (Å²) < 4.78 is 46.4. The molecule has 0 aromatic rings. The molecule has 0 aromatic carbocycles. The molecule has 0 saturated heterocycles. The van der Waals surface area contributed by atoms with Gasteiger partial charge in [-0.3, -0.25) is 0 Å². The van der Waals surface area contributed by atoms with Crippen LogP contribution in [0, 0.1) is 0 Å². The summed E-state index contributed by atoms with van der Waals surface area (Å²) in [6.45, 7) is 7.57.